The summed E-state index contributed by atoms with van der Waals surface area (Å²) in [5.41, 5.74) is 1.97. The molecule has 2 aliphatic rings. The number of benzene rings is 1. The molecule has 36 heavy (non-hydrogen) atoms. The van der Waals surface area contributed by atoms with E-state index in [0.29, 0.717) is 49.6 Å². The molecule has 2 unspecified atom stereocenters. The number of rotatable bonds is 6. The number of amides is 1. The van der Waals surface area contributed by atoms with E-state index < -0.39 is 0 Å². The van der Waals surface area contributed by atoms with Crippen molar-refractivity contribution >= 4 is 28.6 Å². The molecule has 8 nitrogen and oxygen atoms in total. The van der Waals surface area contributed by atoms with Gasteiger partial charge in [0.1, 0.15) is 11.3 Å². The molecule has 0 radical (unpaired) electrons. The number of aromatic hydroxyl groups is 1. The Kier molecular flexibility index (Phi) is 6.77. The topological polar surface area (TPSA) is 77.7 Å². The van der Waals surface area contributed by atoms with Crippen LogP contribution in [0.4, 0.5) is 11.8 Å². The number of anilines is 2. The van der Waals surface area contributed by atoms with Gasteiger partial charge in [0.15, 0.2) is 0 Å². The summed E-state index contributed by atoms with van der Waals surface area (Å²) < 4.78 is 1.89. The standard InChI is InChI=1S/C28H38N6O2/c1-5-22(21-10-7-6-8-11-21)24-12-9-13-33(24)26-23-18-34(19(2)3)27(36)25(23)29-28(30-26)32-16-14-31(15-17-32)20(4)35/h6-8,10-11,18-19,22,24,36H,5,9,12-17H2,1-4H3. The molecule has 2 aliphatic heterocycles. The van der Waals surface area contributed by atoms with Crippen molar-refractivity contribution in [2.45, 2.75) is 65.0 Å². The maximum Gasteiger partial charge on any atom is 0.228 e. The first kappa shape index (κ1) is 24.4. The zero-order valence-electron chi connectivity index (χ0n) is 21.9. The summed E-state index contributed by atoms with van der Waals surface area (Å²) >= 11 is 0. The molecule has 0 bridgehead atoms. The normalized spacial score (nSPS) is 19.5. The molecule has 0 spiro atoms. The first-order valence-corrected chi connectivity index (χ1v) is 13.3. The Hall–Kier alpha value is -3.29. The average Bonchev–Trinajstić information content (AvgIpc) is 3.50. The predicted molar refractivity (Wildman–Crippen MR) is 144 cm³/mol. The summed E-state index contributed by atoms with van der Waals surface area (Å²) in [6.45, 7) is 11.6. The Bertz CT molecular complexity index is 1220. The SMILES string of the molecule is CCC(c1ccccc1)C1CCCN1c1nc(N2CCN(C(C)=O)CC2)nc2c(O)n(C(C)C)cc12. The molecule has 0 saturated carbocycles. The number of carbonyl (C=O) groups is 1. The third-order valence-electron chi connectivity index (χ3n) is 7.91. The Morgan fingerprint density at radius 3 is 2.44 bits per heavy atom. The van der Waals surface area contributed by atoms with Crippen LogP contribution in [0.25, 0.3) is 10.9 Å². The maximum absolute atomic E-state index is 11.8. The summed E-state index contributed by atoms with van der Waals surface area (Å²) in [6.07, 6.45) is 5.30. The summed E-state index contributed by atoms with van der Waals surface area (Å²) in [7, 11) is 0. The summed E-state index contributed by atoms with van der Waals surface area (Å²) in [5, 5.41) is 12.1. The van der Waals surface area contributed by atoms with Crippen molar-refractivity contribution in [2.75, 3.05) is 42.5 Å². The van der Waals surface area contributed by atoms with Gasteiger partial charge in [-0.25, -0.2) is 4.98 Å². The largest absolute Gasteiger partial charge is 0.493 e. The van der Waals surface area contributed by atoms with Crippen LogP contribution in [0.5, 0.6) is 5.88 Å². The molecule has 2 atom stereocenters. The van der Waals surface area contributed by atoms with E-state index >= 15 is 0 Å². The number of fused-ring (bicyclic) bond motifs is 1. The second-order valence-corrected chi connectivity index (χ2v) is 10.4. The van der Waals surface area contributed by atoms with E-state index in [2.05, 4.69) is 60.9 Å². The lowest BCUT2D eigenvalue weighted by Gasteiger charge is -2.36. The van der Waals surface area contributed by atoms with Gasteiger partial charge >= 0.3 is 0 Å². The van der Waals surface area contributed by atoms with Gasteiger partial charge in [-0.3, -0.25) is 4.79 Å². The third kappa shape index (κ3) is 4.38. The smallest absolute Gasteiger partial charge is 0.228 e. The van der Waals surface area contributed by atoms with Gasteiger partial charge < -0.3 is 24.4 Å². The molecule has 2 aromatic heterocycles. The van der Waals surface area contributed by atoms with Gasteiger partial charge in [-0.2, -0.15) is 4.98 Å². The number of nitrogens with zero attached hydrogens (tertiary/aromatic N) is 6. The minimum atomic E-state index is 0.102. The van der Waals surface area contributed by atoms with Crippen LogP contribution in [-0.4, -0.2) is 69.2 Å². The van der Waals surface area contributed by atoms with E-state index in [4.69, 9.17) is 9.97 Å². The van der Waals surface area contributed by atoms with Crippen LogP contribution < -0.4 is 9.80 Å². The second-order valence-electron chi connectivity index (χ2n) is 10.4. The minimum absolute atomic E-state index is 0.102. The van der Waals surface area contributed by atoms with Crippen LogP contribution in [-0.2, 0) is 4.79 Å². The number of piperazine rings is 1. The van der Waals surface area contributed by atoms with Crippen molar-refractivity contribution in [1.82, 2.24) is 19.4 Å². The lowest BCUT2D eigenvalue weighted by Crippen LogP contribution is -2.48. The lowest BCUT2D eigenvalue weighted by molar-refractivity contribution is -0.129. The Balaban J connectivity index is 1.58. The second kappa shape index (κ2) is 9.99. The molecule has 4 heterocycles. The van der Waals surface area contributed by atoms with E-state index in [0.717, 1.165) is 37.0 Å². The van der Waals surface area contributed by atoms with Gasteiger partial charge in [-0.15, -0.1) is 0 Å². The highest BCUT2D eigenvalue weighted by Crippen LogP contribution is 2.41. The van der Waals surface area contributed by atoms with Crippen molar-refractivity contribution in [3.05, 3.63) is 42.1 Å². The molecule has 1 amide bonds. The van der Waals surface area contributed by atoms with Crippen LogP contribution >= 0.6 is 0 Å². The fourth-order valence-corrected chi connectivity index (χ4v) is 5.94. The fraction of sp³-hybridized carbons (Fsp3) is 0.536. The Labute approximate surface area is 213 Å². The average molecular weight is 491 g/mol. The molecule has 1 aromatic carbocycles. The fourth-order valence-electron chi connectivity index (χ4n) is 5.94. The first-order chi connectivity index (χ1) is 17.4. The Morgan fingerprint density at radius 1 is 1.08 bits per heavy atom. The molecule has 2 saturated heterocycles. The Morgan fingerprint density at radius 2 is 1.81 bits per heavy atom. The molecule has 5 rings (SSSR count). The molecule has 0 aliphatic carbocycles. The van der Waals surface area contributed by atoms with Crippen molar-refractivity contribution in [1.29, 1.82) is 0 Å². The van der Waals surface area contributed by atoms with Gasteiger partial charge in [0.2, 0.25) is 17.7 Å². The number of hydrogen-bond donors (Lipinski definition) is 1. The zero-order chi connectivity index (χ0) is 25.4. The third-order valence-corrected chi connectivity index (χ3v) is 7.91. The number of carbonyl (C=O) groups excluding carboxylic acids is 1. The van der Waals surface area contributed by atoms with Gasteiger partial charge in [0.25, 0.3) is 0 Å². The highest BCUT2D eigenvalue weighted by Gasteiger charge is 2.35. The monoisotopic (exact) mass is 490 g/mol. The van der Waals surface area contributed by atoms with E-state index in [1.54, 1.807) is 6.92 Å². The van der Waals surface area contributed by atoms with Crippen molar-refractivity contribution < 1.29 is 9.90 Å². The highest BCUT2D eigenvalue weighted by molar-refractivity contribution is 5.94. The zero-order valence-corrected chi connectivity index (χ0v) is 21.9. The molecule has 192 valence electrons. The van der Waals surface area contributed by atoms with E-state index in [-0.39, 0.29) is 17.8 Å². The molecular formula is C28H38N6O2. The quantitative estimate of drug-likeness (QED) is 0.546. The van der Waals surface area contributed by atoms with E-state index in [1.807, 2.05) is 15.7 Å². The number of aromatic nitrogens is 3. The van der Waals surface area contributed by atoms with Crippen LogP contribution in [0, 0.1) is 0 Å². The molecule has 1 N–H and O–H groups in total. The predicted octanol–water partition coefficient (Wildman–Crippen LogP) is 4.55. The summed E-state index contributed by atoms with van der Waals surface area (Å²) in [4.78, 5) is 28.3. The van der Waals surface area contributed by atoms with Crippen LogP contribution in [0.1, 0.15) is 64.5 Å². The molecular weight excluding hydrogens is 452 g/mol. The van der Waals surface area contributed by atoms with Gasteiger partial charge in [0.05, 0.1) is 5.39 Å². The number of hydrogen-bond acceptors (Lipinski definition) is 6. The summed E-state index contributed by atoms with van der Waals surface area (Å²) in [6, 6.07) is 11.2. The van der Waals surface area contributed by atoms with Gasteiger partial charge in [-0.1, -0.05) is 37.3 Å². The minimum Gasteiger partial charge on any atom is -0.493 e. The van der Waals surface area contributed by atoms with Crippen LogP contribution in [0.15, 0.2) is 36.5 Å². The van der Waals surface area contributed by atoms with Crippen molar-refractivity contribution in [2.24, 2.45) is 0 Å². The van der Waals surface area contributed by atoms with E-state index in [1.165, 1.54) is 5.56 Å². The van der Waals surface area contributed by atoms with Crippen LogP contribution in [0.2, 0.25) is 0 Å². The first-order valence-electron chi connectivity index (χ1n) is 13.3. The molecule has 3 aromatic rings. The summed E-state index contributed by atoms with van der Waals surface area (Å²) in [5.74, 6) is 2.25. The highest BCUT2D eigenvalue weighted by atomic mass is 16.3. The molecule has 2 fully saturated rings. The lowest BCUT2D eigenvalue weighted by atomic mass is 9.87. The van der Waals surface area contributed by atoms with Gasteiger partial charge in [-0.05, 0) is 38.7 Å². The molecule has 8 heteroatoms. The van der Waals surface area contributed by atoms with E-state index in [9.17, 15) is 9.90 Å². The van der Waals surface area contributed by atoms with Gasteiger partial charge in [0, 0.05) is 63.8 Å². The maximum atomic E-state index is 11.8. The van der Waals surface area contributed by atoms with Crippen molar-refractivity contribution in [3.63, 3.8) is 0 Å². The van der Waals surface area contributed by atoms with Crippen molar-refractivity contribution in [3.8, 4) is 5.88 Å². The van der Waals surface area contributed by atoms with Crippen LogP contribution in [0.3, 0.4) is 0 Å².